The van der Waals surface area contributed by atoms with Crippen LogP contribution in [0.3, 0.4) is 0 Å². The molecule has 36 heavy (non-hydrogen) atoms. The molecule has 7 heteroatoms. The SMILES string of the molecule is CC(O)c1nccn1C(/C=C/c1ccc(-c2ccc(C3CC(CNCC(O)CO)C3)cc2)cc1)CO. The van der Waals surface area contributed by atoms with Crippen LogP contribution >= 0.6 is 0 Å². The third-order valence-electron chi connectivity index (χ3n) is 7.01. The van der Waals surface area contributed by atoms with Gasteiger partial charge in [0.15, 0.2) is 0 Å². The summed E-state index contributed by atoms with van der Waals surface area (Å²) >= 11 is 0. The van der Waals surface area contributed by atoms with Crippen LogP contribution in [0.4, 0.5) is 0 Å². The van der Waals surface area contributed by atoms with E-state index >= 15 is 0 Å². The Balaban J connectivity index is 1.31. The largest absolute Gasteiger partial charge is 0.394 e. The molecule has 0 spiro atoms. The Bertz CT molecular complexity index is 1100. The molecule has 0 aliphatic heterocycles. The number of nitrogens with zero attached hydrogens (tertiary/aromatic N) is 2. The maximum atomic E-state index is 9.89. The molecule has 1 saturated carbocycles. The number of imidazole rings is 1. The summed E-state index contributed by atoms with van der Waals surface area (Å²) in [6, 6.07) is 16.9. The van der Waals surface area contributed by atoms with Crippen molar-refractivity contribution in [1.29, 1.82) is 0 Å². The van der Waals surface area contributed by atoms with Gasteiger partial charge in [0.05, 0.1) is 25.4 Å². The Morgan fingerprint density at radius 2 is 1.67 bits per heavy atom. The Kier molecular flexibility index (Phi) is 9.07. The van der Waals surface area contributed by atoms with Gasteiger partial charge in [-0.25, -0.2) is 4.98 Å². The van der Waals surface area contributed by atoms with E-state index in [1.54, 1.807) is 23.9 Å². The van der Waals surface area contributed by atoms with E-state index in [1.807, 2.05) is 12.2 Å². The summed E-state index contributed by atoms with van der Waals surface area (Å²) in [7, 11) is 0. The average molecular weight is 492 g/mol. The van der Waals surface area contributed by atoms with E-state index in [1.165, 1.54) is 11.1 Å². The van der Waals surface area contributed by atoms with Gasteiger partial charge in [-0.1, -0.05) is 60.7 Å². The molecule has 1 aliphatic rings. The Morgan fingerprint density at radius 1 is 1.00 bits per heavy atom. The van der Waals surface area contributed by atoms with Crippen LogP contribution in [0, 0.1) is 5.92 Å². The maximum Gasteiger partial charge on any atom is 0.137 e. The molecule has 7 nitrogen and oxygen atoms in total. The minimum absolute atomic E-state index is 0.0812. The van der Waals surface area contributed by atoms with E-state index in [0.717, 1.165) is 30.5 Å². The van der Waals surface area contributed by atoms with E-state index < -0.39 is 12.2 Å². The van der Waals surface area contributed by atoms with Crippen LogP contribution in [0.15, 0.2) is 67.0 Å². The fourth-order valence-corrected chi connectivity index (χ4v) is 4.82. The first-order valence-corrected chi connectivity index (χ1v) is 12.7. The van der Waals surface area contributed by atoms with Crippen molar-refractivity contribution in [3.63, 3.8) is 0 Å². The van der Waals surface area contributed by atoms with Crippen LogP contribution in [-0.2, 0) is 0 Å². The molecule has 1 aromatic heterocycles. The molecule has 1 fully saturated rings. The first-order chi connectivity index (χ1) is 17.5. The Morgan fingerprint density at radius 3 is 2.28 bits per heavy atom. The number of aliphatic hydroxyl groups excluding tert-OH is 4. The van der Waals surface area contributed by atoms with Crippen molar-refractivity contribution in [3.05, 3.63) is 84.0 Å². The van der Waals surface area contributed by atoms with Crippen molar-refractivity contribution in [2.24, 2.45) is 5.92 Å². The summed E-state index contributed by atoms with van der Waals surface area (Å²) in [5.41, 5.74) is 4.74. The van der Waals surface area contributed by atoms with Gasteiger partial charge in [0.1, 0.15) is 11.9 Å². The Labute approximate surface area is 212 Å². The third-order valence-corrected chi connectivity index (χ3v) is 7.01. The minimum Gasteiger partial charge on any atom is -0.394 e. The van der Waals surface area contributed by atoms with Crippen LogP contribution in [0.25, 0.3) is 17.2 Å². The summed E-state index contributed by atoms with van der Waals surface area (Å²) in [4.78, 5) is 4.18. The zero-order valence-electron chi connectivity index (χ0n) is 20.7. The third kappa shape index (κ3) is 6.49. The number of benzene rings is 2. The fourth-order valence-electron chi connectivity index (χ4n) is 4.82. The van der Waals surface area contributed by atoms with Crippen molar-refractivity contribution in [3.8, 4) is 11.1 Å². The Hall–Kier alpha value is -2.81. The molecule has 4 rings (SSSR count). The molecule has 3 atom stereocenters. The number of hydrogen-bond donors (Lipinski definition) is 5. The topological polar surface area (TPSA) is 111 Å². The first kappa shape index (κ1) is 26.3. The van der Waals surface area contributed by atoms with E-state index in [-0.39, 0.29) is 19.3 Å². The number of hydrogen-bond acceptors (Lipinski definition) is 6. The summed E-state index contributed by atoms with van der Waals surface area (Å²) in [5, 5.41) is 41.3. The van der Waals surface area contributed by atoms with E-state index in [4.69, 9.17) is 5.11 Å². The van der Waals surface area contributed by atoms with Gasteiger partial charge in [-0.15, -0.1) is 0 Å². The van der Waals surface area contributed by atoms with Crippen molar-refractivity contribution in [2.75, 3.05) is 26.3 Å². The highest BCUT2D eigenvalue weighted by Gasteiger charge is 2.29. The van der Waals surface area contributed by atoms with Crippen LogP contribution in [-0.4, -0.2) is 62.4 Å². The van der Waals surface area contributed by atoms with Crippen LogP contribution in [0.1, 0.15) is 54.8 Å². The molecule has 192 valence electrons. The molecule has 0 bridgehead atoms. The molecule has 3 unspecified atom stereocenters. The van der Waals surface area contributed by atoms with Gasteiger partial charge in [0, 0.05) is 18.9 Å². The fraction of sp³-hybridized carbons (Fsp3) is 0.414. The minimum atomic E-state index is -0.701. The lowest BCUT2D eigenvalue weighted by molar-refractivity contribution is 0.0917. The standard InChI is InChI=1S/C29H37N3O4/c1-20(35)29-31-12-13-32(29)27(18-33)11-4-21-2-5-23(6-3-21)24-7-9-25(10-8-24)26-14-22(15-26)16-30-17-28(36)19-34/h2-13,20,22,26-28,30,33-36H,14-19H2,1H3/b11-4+. The maximum absolute atomic E-state index is 9.89. The molecule has 0 radical (unpaired) electrons. The molecular weight excluding hydrogens is 454 g/mol. The van der Waals surface area contributed by atoms with Gasteiger partial charge < -0.3 is 30.3 Å². The molecule has 0 saturated heterocycles. The second kappa shape index (κ2) is 12.4. The summed E-state index contributed by atoms with van der Waals surface area (Å²) < 4.78 is 1.79. The van der Waals surface area contributed by atoms with Crippen LogP contribution in [0.5, 0.6) is 0 Å². The molecule has 3 aromatic rings. The highest BCUT2D eigenvalue weighted by atomic mass is 16.3. The molecular formula is C29H37N3O4. The summed E-state index contributed by atoms with van der Waals surface area (Å²) in [5.74, 6) is 1.74. The predicted molar refractivity (Wildman–Crippen MR) is 141 cm³/mol. The van der Waals surface area contributed by atoms with E-state index in [0.29, 0.717) is 24.2 Å². The molecule has 1 aliphatic carbocycles. The first-order valence-electron chi connectivity index (χ1n) is 12.7. The molecule has 2 aromatic carbocycles. The zero-order valence-corrected chi connectivity index (χ0v) is 20.7. The lowest BCUT2D eigenvalue weighted by Gasteiger charge is -2.36. The monoisotopic (exact) mass is 491 g/mol. The van der Waals surface area contributed by atoms with E-state index in [9.17, 15) is 15.3 Å². The van der Waals surface area contributed by atoms with Gasteiger partial charge in [0.25, 0.3) is 0 Å². The summed E-state index contributed by atoms with van der Waals surface area (Å²) in [6.07, 6.45) is 8.22. The van der Waals surface area contributed by atoms with Crippen LogP contribution < -0.4 is 5.32 Å². The second-order valence-corrected chi connectivity index (χ2v) is 9.75. The smallest absolute Gasteiger partial charge is 0.137 e. The summed E-state index contributed by atoms with van der Waals surface area (Å²) in [6.45, 7) is 2.71. The molecule has 0 amide bonds. The van der Waals surface area contributed by atoms with Crippen LogP contribution in [0.2, 0.25) is 0 Å². The number of aromatic nitrogens is 2. The van der Waals surface area contributed by atoms with Crippen molar-refractivity contribution in [1.82, 2.24) is 14.9 Å². The molecule has 1 heterocycles. The second-order valence-electron chi connectivity index (χ2n) is 9.75. The lowest BCUT2D eigenvalue weighted by Crippen LogP contribution is -2.36. The number of nitrogens with one attached hydrogen (secondary N) is 1. The highest BCUT2D eigenvalue weighted by Crippen LogP contribution is 2.41. The zero-order chi connectivity index (χ0) is 25.5. The van der Waals surface area contributed by atoms with Gasteiger partial charge in [-0.2, -0.15) is 0 Å². The van der Waals surface area contributed by atoms with Crippen molar-refractivity contribution in [2.45, 2.75) is 43.9 Å². The highest BCUT2D eigenvalue weighted by molar-refractivity contribution is 5.66. The van der Waals surface area contributed by atoms with Gasteiger partial charge in [-0.3, -0.25) is 0 Å². The number of rotatable bonds is 12. The molecule has 5 N–H and O–H groups in total. The quantitative estimate of drug-likeness (QED) is 0.266. The van der Waals surface area contributed by atoms with Gasteiger partial charge in [0.2, 0.25) is 0 Å². The lowest BCUT2D eigenvalue weighted by atomic mass is 9.71. The van der Waals surface area contributed by atoms with Gasteiger partial charge >= 0.3 is 0 Å². The van der Waals surface area contributed by atoms with Crippen molar-refractivity contribution < 1.29 is 20.4 Å². The predicted octanol–water partition coefficient (Wildman–Crippen LogP) is 3.29. The van der Waals surface area contributed by atoms with Crippen molar-refractivity contribution >= 4 is 6.08 Å². The van der Waals surface area contributed by atoms with Gasteiger partial charge in [-0.05, 0) is 60.4 Å². The average Bonchev–Trinajstić information content (AvgIpc) is 3.36. The van der Waals surface area contributed by atoms with E-state index in [2.05, 4.69) is 58.8 Å². The number of aliphatic hydroxyl groups is 4. The normalized spacial score (nSPS) is 20.2.